The van der Waals surface area contributed by atoms with Crippen LogP contribution in [0.2, 0.25) is 0 Å². The van der Waals surface area contributed by atoms with Crippen molar-refractivity contribution < 1.29 is 14.0 Å². The number of nitrogens with one attached hydrogen (secondary N) is 1. The fraction of sp³-hybridized carbons (Fsp3) is 0.182. The monoisotopic (exact) mass is 391 g/mol. The Balaban J connectivity index is 1.78. The highest BCUT2D eigenvalue weighted by atomic mass is 19.1. The summed E-state index contributed by atoms with van der Waals surface area (Å²) in [7, 11) is 0. The van der Waals surface area contributed by atoms with Gasteiger partial charge in [0, 0.05) is 29.6 Å². The molecule has 2 heterocycles. The summed E-state index contributed by atoms with van der Waals surface area (Å²) in [6.45, 7) is 0.153. The molecule has 29 heavy (non-hydrogen) atoms. The van der Waals surface area contributed by atoms with Gasteiger partial charge in [0.2, 0.25) is 0 Å². The first-order valence-corrected chi connectivity index (χ1v) is 9.31. The number of benzene rings is 1. The smallest absolute Gasteiger partial charge is 0.268 e. The number of hydrogen-bond acceptors (Lipinski definition) is 4. The Morgan fingerprint density at radius 3 is 2.62 bits per heavy atom. The molecule has 0 bridgehead atoms. The predicted octanol–water partition coefficient (Wildman–Crippen LogP) is 2.82. The zero-order valence-corrected chi connectivity index (χ0v) is 15.5. The van der Waals surface area contributed by atoms with Crippen LogP contribution >= 0.6 is 0 Å². The van der Waals surface area contributed by atoms with Gasteiger partial charge >= 0.3 is 0 Å². The number of amides is 1. The average molecular weight is 391 g/mol. The van der Waals surface area contributed by atoms with Crippen LogP contribution < -0.4 is 10.9 Å². The summed E-state index contributed by atoms with van der Waals surface area (Å²) in [5.41, 5.74) is 1.32. The summed E-state index contributed by atoms with van der Waals surface area (Å²) >= 11 is 0. The average Bonchev–Trinajstić information content (AvgIpc) is 2.74. The van der Waals surface area contributed by atoms with Crippen molar-refractivity contribution >= 4 is 11.7 Å². The fourth-order valence-corrected chi connectivity index (χ4v) is 3.49. The van der Waals surface area contributed by atoms with Crippen molar-refractivity contribution in [3.63, 3.8) is 0 Å². The SMILES string of the molecule is O=C1CCCc2c1cc(C(=O)NCc1ccccn1)c(=O)n2-c1ccc(F)cc1. The second-order valence-corrected chi connectivity index (χ2v) is 6.82. The van der Waals surface area contributed by atoms with E-state index in [1.807, 2.05) is 0 Å². The normalized spacial score (nSPS) is 13.1. The second kappa shape index (κ2) is 7.79. The van der Waals surface area contributed by atoms with Crippen molar-refractivity contribution in [3.05, 3.63) is 93.4 Å². The zero-order valence-electron chi connectivity index (χ0n) is 15.5. The molecule has 4 rings (SSSR count). The molecule has 0 unspecified atom stereocenters. The molecule has 7 heteroatoms. The third-order valence-corrected chi connectivity index (χ3v) is 4.91. The topological polar surface area (TPSA) is 81.1 Å². The molecule has 2 aromatic heterocycles. The van der Waals surface area contributed by atoms with E-state index in [0.29, 0.717) is 41.9 Å². The number of rotatable bonds is 4. The molecule has 0 fully saturated rings. The maximum atomic E-state index is 13.4. The highest BCUT2D eigenvalue weighted by Crippen LogP contribution is 2.23. The Bertz CT molecular complexity index is 1140. The first kappa shape index (κ1) is 18.7. The van der Waals surface area contributed by atoms with E-state index in [4.69, 9.17) is 0 Å². The van der Waals surface area contributed by atoms with Crippen molar-refractivity contribution in [1.82, 2.24) is 14.9 Å². The van der Waals surface area contributed by atoms with Gasteiger partial charge in [-0.2, -0.15) is 0 Å². The lowest BCUT2D eigenvalue weighted by molar-refractivity contribution is 0.0948. The summed E-state index contributed by atoms with van der Waals surface area (Å²) in [6.07, 6.45) is 3.13. The third-order valence-electron chi connectivity index (χ3n) is 4.91. The predicted molar refractivity (Wildman–Crippen MR) is 105 cm³/mol. The summed E-state index contributed by atoms with van der Waals surface area (Å²) in [4.78, 5) is 42.5. The first-order valence-electron chi connectivity index (χ1n) is 9.31. The first-order chi connectivity index (χ1) is 14.0. The number of pyridine rings is 2. The highest BCUT2D eigenvalue weighted by Gasteiger charge is 2.26. The number of Topliss-reactive ketones (excluding diaryl/α,β-unsaturated/α-hetero) is 1. The molecule has 0 atom stereocenters. The molecule has 146 valence electrons. The van der Waals surface area contributed by atoms with Gasteiger partial charge in [-0.15, -0.1) is 0 Å². The molecule has 0 radical (unpaired) electrons. The molecule has 0 saturated carbocycles. The van der Waals surface area contributed by atoms with E-state index >= 15 is 0 Å². The van der Waals surface area contributed by atoms with Gasteiger partial charge in [-0.05, 0) is 55.3 Å². The molecule has 6 nitrogen and oxygen atoms in total. The summed E-state index contributed by atoms with van der Waals surface area (Å²) in [6, 6.07) is 12.1. The van der Waals surface area contributed by atoms with Crippen molar-refractivity contribution in [3.8, 4) is 5.69 Å². The molecule has 1 amide bonds. The van der Waals surface area contributed by atoms with Crippen LogP contribution in [0.25, 0.3) is 5.69 Å². The van der Waals surface area contributed by atoms with E-state index in [0.717, 1.165) is 0 Å². The van der Waals surface area contributed by atoms with Crippen LogP contribution in [0.5, 0.6) is 0 Å². The lowest BCUT2D eigenvalue weighted by Crippen LogP contribution is -2.36. The maximum absolute atomic E-state index is 13.4. The standard InChI is InChI=1S/C22H18FN3O3/c23-14-7-9-16(10-8-14)26-19-5-3-6-20(27)17(19)12-18(22(26)29)21(28)25-13-15-4-1-2-11-24-15/h1-2,4,7-12H,3,5-6,13H2,(H,25,28). The third kappa shape index (κ3) is 3.71. The molecule has 0 saturated heterocycles. The molecule has 1 N–H and O–H groups in total. The van der Waals surface area contributed by atoms with E-state index in [-0.39, 0.29) is 17.9 Å². The van der Waals surface area contributed by atoms with Crippen LogP contribution in [-0.2, 0) is 13.0 Å². The minimum absolute atomic E-state index is 0.110. The molecule has 1 aromatic carbocycles. The number of ketones is 1. The van der Waals surface area contributed by atoms with Gasteiger partial charge in [0.05, 0.1) is 12.2 Å². The molecule has 0 spiro atoms. The van der Waals surface area contributed by atoms with Crippen LogP contribution in [-0.4, -0.2) is 21.2 Å². The van der Waals surface area contributed by atoms with Gasteiger partial charge in [0.25, 0.3) is 11.5 Å². The van der Waals surface area contributed by atoms with Crippen LogP contribution in [0.15, 0.2) is 59.5 Å². The number of halogens is 1. The van der Waals surface area contributed by atoms with Gasteiger partial charge in [-0.1, -0.05) is 6.07 Å². The van der Waals surface area contributed by atoms with Gasteiger partial charge in [-0.3, -0.25) is 23.9 Å². The molecule has 1 aliphatic rings. The Hall–Kier alpha value is -3.61. The van der Waals surface area contributed by atoms with Gasteiger partial charge in [0.1, 0.15) is 11.4 Å². The van der Waals surface area contributed by atoms with Crippen molar-refractivity contribution in [2.75, 3.05) is 0 Å². The molecule has 0 aliphatic heterocycles. The number of aromatic nitrogens is 2. The van der Waals surface area contributed by atoms with E-state index in [1.54, 1.807) is 24.4 Å². The second-order valence-electron chi connectivity index (χ2n) is 6.82. The Labute approximate surface area is 166 Å². The van der Waals surface area contributed by atoms with Gasteiger partial charge in [-0.25, -0.2) is 4.39 Å². The van der Waals surface area contributed by atoms with E-state index < -0.39 is 17.3 Å². The van der Waals surface area contributed by atoms with E-state index in [1.165, 1.54) is 34.9 Å². The van der Waals surface area contributed by atoms with Crippen molar-refractivity contribution in [2.24, 2.45) is 0 Å². The van der Waals surface area contributed by atoms with E-state index in [9.17, 15) is 18.8 Å². The quantitative estimate of drug-likeness (QED) is 0.742. The Morgan fingerprint density at radius 1 is 1.10 bits per heavy atom. The largest absolute Gasteiger partial charge is 0.346 e. The Kier molecular flexibility index (Phi) is 5.03. The molecular formula is C22H18FN3O3. The Morgan fingerprint density at radius 2 is 1.90 bits per heavy atom. The lowest BCUT2D eigenvalue weighted by atomic mass is 9.92. The molecule has 1 aliphatic carbocycles. The van der Waals surface area contributed by atoms with Crippen molar-refractivity contribution in [2.45, 2.75) is 25.8 Å². The summed E-state index contributed by atoms with van der Waals surface area (Å²) in [5.74, 6) is -1.13. The minimum atomic E-state index is -0.585. The highest BCUT2D eigenvalue weighted by molar-refractivity contribution is 6.01. The maximum Gasteiger partial charge on any atom is 0.268 e. The van der Waals surface area contributed by atoms with Gasteiger partial charge < -0.3 is 5.32 Å². The van der Waals surface area contributed by atoms with Crippen molar-refractivity contribution in [1.29, 1.82) is 0 Å². The number of fused-ring (bicyclic) bond motifs is 1. The van der Waals surface area contributed by atoms with Gasteiger partial charge in [0.15, 0.2) is 5.78 Å². The van der Waals surface area contributed by atoms with E-state index in [2.05, 4.69) is 10.3 Å². The number of carbonyl (C=O) groups excluding carboxylic acids is 2. The number of hydrogen-bond donors (Lipinski definition) is 1. The minimum Gasteiger partial charge on any atom is -0.346 e. The lowest BCUT2D eigenvalue weighted by Gasteiger charge is -2.21. The molecule has 3 aromatic rings. The fourth-order valence-electron chi connectivity index (χ4n) is 3.49. The van der Waals surface area contributed by atoms with Crippen LogP contribution in [0.4, 0.5) is 4.39 Å². The zero-order chi connectivity index (χ0) is 20.4. The number of carbonyl (C=O) groups is 2. The van der Waals surface area contributed by atoms with Crippen LogP contribution in [0, 0.1) is 5.82 Å². The number of nitrogens with zero attached hydrogens (tertiary/aromatic N) is 2. The van der Waals surface area contributed by atoms with Crippen LogP contribution in [0.3, 0.4) is 0 Å². The molecular weight excluding hydrogens is 373 g/mol. The summed E-state index contributed by atoms with van der Waals surface area (Å²) < 4.78 is 14.7. The van der Waals surface area contributed by atoms with Crippen LogP contribution in [0.1, 0.15) is 44.9 Å². The summed E-state index contributed by atoms with van der Waals surface area (Å²) in [5, 5.41) is 2.68.